The zero-order valence-electron chi connectivity index (χ0n) is 17.1. The highest BCUT2D eigenvalue weighted by molar-refractivity contribution is 6.30. The Balaban J connectivity index is 1.73. The van der Waals surface area contributed by atoms with E-state index in [2.05, 4.69) is 30.9 Å². The summed E-state index contributed by atoms with van der Waals surface area (Å²) in [6.07, 6.45) is 3.33. The highest BCUT2D eigenvalue weighted by Crippen LogP contribution is 2.25. The minimum Gasteiger partial charge on any atom is -0.369 e. The largest absolute Gasteiger partial charge is 0.369 e. The lowest BCUT2D eigenvalue weighted by Gasteiger charge is -2.14. The Kier molecular flexibility index (Phi) is 5.88. The zero-order valence-corrected chi connectivity index (χ0v) is 17.9. The van der Waals surface area contributed by atoms with Crippen LogP contribution >= 0.6 is 11.6 Å². The average Bonchev–Trinajstić information content (AvgIpc) is 3.24. The molecule has 2 aromatic heterocycles. The number of fused-ring (bicyclic) bond motifs is 1. The normalized spacial score (nSPS) is 15.2. The van der Waals surface area contributed by atoms with Gasteiger partial charge in [-0.3, -0.25) is 14.9 Å². The standard InChI is InChI=1S/C21H22ClN7O2/c1-28(2)7-6-23-18-11-17(25-16-5-3-4-15(22)10-16)26-20-14(12-24-29(18)20)8-13-9-19(30)27-21(13)31/h3-5,8,10-12,23H,6-7,9H2,1-2H3,(H,25,26)(H,27,30,31)/b13-8+. The van der Waals surface area contributed by atoms with Crippen LogP contribution in [0.25, 0.3) is 11.7 Å². The van der Waals surface area contributed by atoms with Crippen molar-refractivity contribution in [1.29, 1.82) is 0 Å². The van der Waals surface area contributed by atoms with Crippen LogP contribution in [0.3, 0.4) is 0 Å². The molecule has 3 heterocycles. The molecule has 1 saturated heterocycles. The van der Waals surface area contributed by atoms with E-state index >= 15 is 0 Å². The average molecular weight is 440 g/mol. The number of nitrogens with one attached hydrogen (secondary N) is 3. The number of imide groups is 1. The summed E-state index contributed by atoms with van der Waals surface area (Å²) in [7, 11) is 4.00. The second-order valence-corrected chi connectivity index (χ2v) is 7.89. The third-order valence-corrected chi connectivity index (χ3v) is 4.92. The maximum Gasteiger partial charge on any atom is 0.254 e. The Morgan fingerprint density at radius 2 is 2.13 bits per heavy atom. The van der Waals surface area contributed by atoms with Crippen LogP contribution in [0, 0.1) is 0 Å². The number of aromatic nitrogens is 3. The predicted octanol–water partition coefficient (Wildman–Crippen LogP) is 2.53. The number of benzene rings is 1. The van der Waals surface area contributed by atoms with Crippen LogP contribution in [-0.4, -0.2) is 58.5 Å². The molecule has 2 amide bonds. The molecular formula is C21H22ClN7O2. The molecule has 1 aliphatic heterocycles. The second kappa shape index (κ2) is 8.75. The molecule has 9 nitrogen and oxygen atoms in total. The van der Waals surface area contributed by atoms with Crippen molar-refractivity contribution in [3.05, 3.63) is 52.7 Å². The van der Waals surface area contributed by atoms with Crippen LogP contribution in [0.2, 0.25) is 5.02 Å². The Morgan fingerprint density at radius 1 is 1.29 bits per heavy atom. The van der Waals surface area contributed by atoms with E-state index in [1.54, 1.807) is 28.9 Å². The van der Waals surface area contributed by atoms with Gasteiger partial charge in [0.15, 0.2) is 5.65 Å². The molecule has 0 spiro atoms. The van der Waals surface area contributed by atoms with Gasteiger partial charge in [-0.25, -0.2) is 4.98 Å². The van der Waals surface area contributed by atoms with Crippen LogP contribution in [0.1, 0.15) is 12.0 Å². The Bertz CT molecular complexity index is 1190. The van der Waals surface area contributed by atoms with Crippen molar-refractivity contribution in [2.45, 2.75) is 6.42 Å². The Labute approximate surface area is 184 Å². The summed E-state index contributed by atoms with van der Waals surface area (Å²) in [6.45, 7) is 1.54. The van der Waals surface area contributed by atoms with Gasteiger partial charge in [-0.1, -0.05) is 17.7 Å². The van der Waals surface area contributed by atoms with Crippen molar-refractivity contribution in [3.8, 4) is 0 Å². The van der Waals surface area contributed by atoms with Crippen molar-refractivity contribution in [1.82, 2.24) is 24.8 Å². The van der Waals surface area contributed by atoms with E-state index < -0.39 is 0 Å². The predicted molar refractivity (Wildman–Crippen MR) is 121 cm³/mol. The van der Waals surface area contributed by atoms with Gasteiger partial charge in [-0.15, -0.1) is 0 Å². The molecule has 10 heteroatoms. The maximum absolute atomic E-state index is 12.0. The van der Waals surface area contributed by atoms with Gasteiger partial charge in [-0.05, 0) is 38.4 Å². The Hall–Kier alpha value is -3.43. The minimum atomic E-state index is -0.387. The first-order chi connectivity index (χ1) is 14.9. The number of anilines is 3. The molecule has 1 aromatic carbocycles. The van der Waals surface area contributed by atoms with Gasteiger partial charge in [0.1, 0.15) is 11.6 Å². The lowest BCUT2D eigenvalue weighted by Crippen LogP contribution is -2.21. The molecule has 0 bridgehead atoms. The van der Waals surface area contributed by atoms with Crippen LogP contribution < -0.4 is 16.0 Å². The number of amides is 2. The van der Waals surface area contributed by atoms with Crippen LogP contribution in [0.4, 0.5) is 17.3 Å². The molecule has 31 heavy (non-hydrogen) atoms. The number of rotatable bonds is 7. The summed E-state index contributed by atoms with van der Waals surface area (Å²) in [5.41, 5.74) is 2.38. The number of carbonyl (C=O) groups is 2. The first-order valence-electron chi connectivity index (χ1n) is 9.74. The fourth-order valence-corrected chi connectivity index (χ4v) is 3.39. The second-order valence-electron chi connectivity index (χ2n) is 7.45. The molecule has 3 aromatic rings. The van der Waals surface area contributed by atoms with E-state index in [4.69, 9.17) is 11.6 Å². The van der Waals surface area contributed by atoms with E-state index in [9.17, 15) is 9.59 Å². The highest BCUT2D eigenvalue weighted by atomic mass is 35.5. The summed E-state index contributed by atoms with van der Waals surface area (Å²) >= 11 is 6.10. The highest BCUT2D eigenvalue weighted by Gasteiger charge is 2.24. The van der Waals surface area contributed by atoms with E-state index in [0.29, 0.717) is 34.2 Å². The quantitative estimate of drug-likeness (QED) is 0.384. The molecule has 0 radical (unpaired) electrons. The molecule has 3 N–H and O–H groups in total. The summed E-state index contributed by atoms with van der Waals surface area (Å²) in [6, 6.07) is 9.21. The van der Waals surface area contributed by atoms with Crippen molar-refractivity contribution < 1.29 is 9.59 Å². The van der Waals surface area contributed by atoms with Gasteiger partial charge in [-0.2, -0.15) is 9.61 Å². The number of nitrogens with zero attached hydrogens (tertiary/aromatic N) is 4. The molecule has 160 valence electrons. The fraction of sp³-hybridized carbons (Fsp3) is 0.238. The smallest absolute Gasteiger partial charge is 0.254 e. The van der Waals surface area contributed by atoms with Crippen molar-refractivity contribution in [2.24, 2.45) is 0 Å². The van der Waals surface area contributed by atoms with E-state index in [-0.39, 0.29) is 18.2 Å². The molecular weight excluding hydrogens is 418 g/mol. The van der Waals surface area contributed by atoms with Crippen LogP contribution in [0.15, 0.2) is 42.1 Å². The molecule has 0 aliphatic carbocycles. The third kappa shape index (κ3) is 4.84. The van der Waals surface area contributed by atoms with Gasteiger partial charge >= 0.3 is 0 Å². The van der Waals surface area contributed by atoms with Gasteiger partial charge < -0.3 is 15.5 Å². The lowest BCUT2D eigenvalue weighted by atomic mass is 10.1. The monoisotopic (exact) mass is 439 g/mol. The van der Waals surface area contributed by atoms with Gasteiger partial charge in [0.2, 0.25) is 5.91 Å². The van der Waals surface area contributed by atoms with Gasteiger partial charge in [0.25, 0.3) is 5.91 Å². The Morgan fingerprint density at radius 3 is 2.84 bits per heavy atom. The summed E-state index contributed by atoms with van der Waals surface area (Å²) in [4.78, 5) is 30.3. The van der Waals surface area contributed by atoms with Crippen molar-refractivity contribution in [3.63, 3.8) is 0 Å². The van der Waals surface area contributed by atoms with E-state index in [0.717, 1.165) is 18.1 Å². The lowest BCUT2D eigenvalue weighted by molar-refractivity contribution is -0.124. The number of halogens is 1. The molecule has 4 rings (SSSR count). The van der Waals surface area contributed by atoms with Crippen LogP contribution in [-0.2, 0) is 9.59 Å². The first kappa shape index (κ1) is 20.8. The van der Waals surface area contributed by atoms with Crippen molar-refractivity contribution in [2.75, 3.05) is 37.8 Å². The number of likely N-dealkylation sites (N-methyl/N-ethyl adjacent to an activating group) is 1. The number of carbonyl (C=O) groups excluding carboxylic acids is 2. The maximum atomic E-state index is 12.0. The zero-order chi connectivity index (χ0) is 22.0. The minimum absolute atomic E-state index is 0.0462. The molecule has 0 atom stereocenters. The number of hydrogen-bond acceptors (Lipinski definition) is 7. The molecule has 1 aliphatic rings. The van der Waals surface area contributed by atoms with Gasteiger partial charge in [0.05, 0.1) is 12.6 Å². The molecule has 1 fully saturated rings. The summed E-state index contributed by atoms with van der Waals surface area (Å²) < 4.78 is 1.68. The van der Waals surface area contributed by atoms with Gasteiger partial charge in [0, 0.05) is 41.0 Å². The summed E-state index contributed by atoms with van der Waals surface area (Å²) in [5, 5.41) is 14.0. The number of hydrogen-bond donors (Lipinski definition) is 3. The fourth-order valence-electron chi connectivity index (χ4n) is 3.20. The van der Waals surface area contributed by atoms with Crippen molar-refractivity contribution >= 4 is 52.5 Å². The molecule has 0 saturated carbocycles. The first-order valence-corrected chi connectivity index (χ1v) is 10.1. The van der Waals surface area contributed by atoms with E-state index in [1.807, 2.05) is 32.3 Å². The topological polar surface area (TPSA) is 104 Å². The summed E-state index contributed by atoms with van der Waals surface area (Å²) in [5.74, 6) is 0.638. The van der Waals surface area contributed by atoms with Crippen LogP contribution in [0.5, 0.6) is 0 Å². The van der Waals surface area contributed by atoms with E-state index in [1.165, 1.54) is 0 Å². The molecule has 0 unspecified atom stereocenters. The third-order valence-electron chi connectivity index (χ3n) is 4.69. The SMILES string of the molecule is CN(C)CCNc1cc(Nc2cccc(Cl)c2)nc2c(/C=C3\CC(=O)NC3=O)cnn12.